The molecule has 0 spiro atoms. The summed E-state index contributed by atoms with van der Waals surface area (Å²) in [6.07, 6.45) is 86.2. The molecule has 10 heteroatoms. The maximum Gasteiger partial charge on any atom is 0.472 e. The van der Waals surface area contributed by atoms with Crippen molar-refractivity contribution in [3.05, 3.63) is 60.8 Å². The van der Waals surface area contributed by atoms with Crippen molar-refractivity contribution in [3.63, 3.8) is 0 Å². The zero-order valence-electron chi connectivity index (χ0n) is 56.1. The Balaban J connectivity index is 4.00. The SMILES string of the molecule is CC/C=C\C/C=C\C/C=C\C/C=C\C/C=C\CCCCCCCCCCCCCCCC(=O)OC(COC(=O)CCCCCCCCCCCCCCCCCCCCCCCCCCCCCCCCC)COP(=O)(O)OCC[N+](C)(C)C. The Kier molecular flexibility index (Phi) is 63.4. The third kappa shape index (κ3) is 68.8. The molecule has 0 amide bonds. The number of rotatable bonds is 67. The summed E-state index contributed by atoms with van der Waals surface area (Å²) in [5.74, 6) is -0.782. The van der Waals surface area contributed by atoms with Crippen LogP contribution in [0.15, 0.2) is 60.8 Å². The Bertz CT molecular complexity index is 1600. The van der Waals surface area contributed by atoms with E-state index in [-0.39, 0.29) is 25.6 Å². The first-order chi connectivity index (χ1) is 41.0. The van der Waals surface area contributed by atoms with E-state index >= 15 is 0 Å². The largest absolute Gasteiger partial charge is 0.472 e. The molecule has 0 fully saturated rings. The maximum absolute atomic E-state index is 12.9. The second kappa shape index (κ2) is 65.2. The fraction of sp³-hybridized carbons (Fsp3) is 0.838. The molecule has 2 atom stereocenters. The van der Waals surface area contributed by atoms with Gasteiger partial charge in [0.05, 0.1) is 27.7 Å². The van der Waals surface area contributed by atoms with Gasteiger partial charge in [-0.05, 0) is 57.8 Å². The number of quaternary nitrogens is 1. The average molecular weight is 1200 g/mol. The molecule has 0 radical (unpaired) electrons. The Labute approximate surface area is 521 Å². The van der Waals surface area contributed by atoms with Crippen molar-refractivity contribution in [3.8, 4) is 0 Å². The number of unbranched alkanes of at least 4 members (excludes halogenated alkanes) is 43. The third-order valence-corrected chi connectivity index (χ3v) is 17.0. The maximum atomic E-state index is 12.9. The number of hydrogen-bond acceptors (Lipinski definition) is 7. The standard InChI is InChI=1S/C74H138NO8P/c1-6-8-10-12-14-16-18-20-22-24-26-28-30-32-34-36-37-39-40-42-44-46-48-50-52-54-56-58-60-62-64-66-73(76)80-70-72(71-82-84(78,79)81-69-68-75(3,4)5)83-74(77)67-65-63-61-59-57-55-53-51-49-47-45-43-41-38-35-33-31-29-27-25-23-21-19-17-15-13-11-9-7-2/h9,11,15,17,21,23,27,29,33,35,72H,6-8,10,12-14,16,18-20,22,24-26,28,30-32,34,36-71H2,1-5H3/p+1/b11-9-,17-15-,23-21-,29-27-,35-33-. The number of hydrogen-bond donors (Lipinski definition) is 1. The molecule has 0 saturated heterocycles. The van der Waals surface area contributed by atoms with Crippen LogP contribution < -0.4 is 0 Å². The monoisotopic (exact) mass is 1200 g/mol. The van der Waals surface area contributed by atoms with Gasteiger partial charge in [-0.3, -0.25) is 18.6 Å². The molecule has 0 aliphatic rings. The molecule has 0 aliphatic heterocycles. The van der Waals surface area contributed by atoms with E-state index < -0.39 is 26.5 Å². The summed E-state index contributed by atoms with van der Waals surface area (Å²) in [6.45, 7) is 4.38. The lowest BCUT2D eigenvalue weighted by atomic mass is 10.0. The molecule has 9 nitrogen and oxygen atoms in total. The van der Waals surface area contributed by atoms with Crippen molar-refractivity contribution in [2.45, 2.75) is 354 Å². The minimum absolute atomic E-state index is 0.0321. The second-order valence-corrected chi connectivity index (χ2v) is 27.1. The van der Waals surface area contributed by atoms with Crippen LogP contribution in [0.2, 0.25) is 0 Å². The van der Waals surface area contributed by atoms with E-state index in [1.165, 1.54) is 244 Å². The van der Waals surface area contributed by atoms with Crippen LogP contribution in [-0.2, 0) is 32.7 Å². The summed E-state index contributed by atoms with van der Waals surface area (Å²) >= 11 is 0. The van der Waals surface area contributed by atoms with E-state index in [1.807, 2.05) is 21.1 Å². The third-order valence-electron chi connectivity index (χ3n) is 16.1. The fourth-order valence-corrected chi connectivity index (χ4v) is 11.3. The highest BCUT2D eigenvalue weighted by molar-refractivity contribution is 7.47. The number of likely N-dealkylation sites (N-methyl/N-ethyl adjacent to an activating group) is 1. The number of allylic oxidation sites excluding steroid dienone is 10. The van der Waals surface area contributed by atoms with Gasteiger partial charge in [0.1, 0.15) is 19.8 Å². The quantitative estimate of drug-likeness (QED) is 0.0211. The molecule has 0 aromatic rings. The zero-order chi connectivity index (χ0) is 61.2. The van der Waals surface area contributed by atoms with Crippen LogP contribution >= 0.6 is 7.82 Å². The molecule has 0 aliphatic carbocycles. The van der Waals surface area contributed by atoms with E-state index in [4.69, 9.17) is 18.5 Å². The van der Waals surface area contributed by atoms with Crippen LogP contribution in [0.5, 0.6) is 0 Å². The number of esters is 2. The minimum Gasteiger partial charge on any atom is -0.462 e. The Morgan fingerprint density at radius 1 is 0.381 bits per heavy atom. The zero-order valence-corrected chi connectivity index (χ0v) is 57.0. The summed E-state index contributed by atoms with van der Waals surface area (Å²) < 4.78 is 34.8. The van der Waals surface area contributed by atoms with Crippen molar-refractivity contribution < 1.29 is 42.1 Å². The van der Waals surface area contributed by atoms with Crippen LogP contribution in [0, 0.1) is 0 Å². The van der Waals surface area contributed by atoms with Crippen LogP contribution in [0.25, 0.3) is 0 Å². The van der Waals surface area contributed by atoms with Gasteiger partial charge < -0.3 is 18.9 Å². The van der Waals surface area contributed by atoms with Crippen LogP contribution in [0.4, 0.5) is 0 Å². The normalized spacial score (nSPS) is 13.5. The van der Waals surface area contributed by atoms with Crippen molar-refractivity contribution in [1.82, 2.24) is 0 Å². The fourth-order valence-electron chi connectivity index (χ4n) is 10.6. The van der Waals surface area contributed by atoms with Gasteiger partial charge >= 0.3 is 19.8 Å². The van der Waals surface area contributed by atoms with E-state index in [1.54, 1.807) is 0 Å². The number of phosphoric acid groups is 1. The number of nitrogens with zero attached hydrogens (tertiary/aromatic N) is 1. The van der Waals surface area contributed by atoms with Gasteiger partial charge in [-0.2, -0.15) is 0 Å². The smallest absolute Gasteiger partial charge is 0.462 e. The molecule has 0 saturated carbocycles. The van der Waals surface area contributed by atoms with Gasteiger partial charge in [0.15, 0.2) is 6.10 Å². The van der Waals surface area contributed by atoms with Gasteiger partial charge in [0.2, 0.25) is 0 Å². The number of carbonyl (C=O) groups excluding carboxylic acids is 2. The molecular formula is C74H139NO8P+. The Hall–Kier alpha value is -2.29. The van der Waals surface area contributed by atoms with E-state index in [2.05, 4.69) is 74.6 Å². The molecule has 0 aromatic carbocycles. The van der Waals surface area contributed by atoms with Gasteiger partial charge in [-0.1, -0.05) is 338 Å². The topological polar surface area (TPSA) is 108 Å². The molecule has 2 unspecified atom stereocenters. The average Bonchev–Trinajstić information content (AvgIpc) is 3.61. The van der Waals surface area contributed by atoms with Crippen LogP contribution in [-0.4, -0.2) is 74.9 Å². The van der Waals surface area contributed by atoms with Gasteiger partial charge in [-0.15, -0.1) is 0 Å². The van der Waals surface area contributed by atoms with Gasteiger partial charge in [0, 0.05) is 12.8 Å². The minimum atomic E-state index is -4.39. The number of phosphoric ester groups is 1. The summed E-state index contributed by atoms with van der Waals surface area (Å²) in [7, 11) is 1.49. The molecule has 84 heavy (non-hydrogen) atoms. The molecule has 0 rings (SSSR count). The molecule has 0 heterocycles. The van der Waals surface area contributed by atoms with Gasteiger partial charge in [-0.25, -0.2) is 4.57 Å². The highest BCUT2D eigenvalue weighted by Crippen LogP contribution is 2.43. The van der Waals surface area contributed by atoms with Crippen LogP contribution in [0.3, 0.4) is 0 Å². The first-order valence-electron chi connectivity index (χ1n) is 36.0. The summed E-state index contributed by atoms with van der Waals surface area (Å²) in [6, 6.07) is 0. The highest BCUT2D eigenvalue weighted by atomic mass is 31.2. The molecule has 0 aromatic heterocycles. The molecular weight excluding hydrogens is 1060 g/mol. The number of carbonyl (C=O) groups is 2. The summed E-state index contributed by atoms with van der Waals surface area (Å²) in [4.78, 5) is 35.9. The highest BCUT2D eigenvalue weighted by Gasteiger charge is 2.27. The molecule has 0 bridgehead atoms. The van der Waals surface area contributed by atoms with E-state index in [9.17, 15) is 19.0 Å². The summed E-state index contributed by atoms with van der Waals surface area (Å²) in [5.41, 5.74) is 0. The van der Waals surface area contributed by atoms with E-state index in [0.29, 0.717) is 23.9 Å². The first kappa shape index (κ1) is 81.7. The van der Waals surface area contributed by atoms with Crippen LogP contribution in [0.1, 0.15) is 348 Å². The Morgan fingerprint density at radius 3 is 1.01 bits per heavy atom. The molecule has 492 valence electrons. The van der Waals surface area contributed by atoms with Crippen molar-refractivity contribution in [2.24, 2.45) is 0 Å². The van der Waals surface area contributed by atoms with Gasteiger partial charge in [0.25, 0.3) is 0 Å². The molecule has 1 N–H and O–H groups in total. The predicted octanol–water partition coefficient (Wildman–Crippen LogP) is 23.4. The summed E-state index contributed by atoms with van der Waals surface area (Å²) in [5, 5.41) is 0. The van der Waals surface area contributed by atoms with E-state index in [0.717, 1.165) is 70.6 Å². The van der Waals surface area contributed by atoms with Crippen molar-refractivity contribution >= 4 is 19.8 Å². The number of ether oxygens (including phenoxy) is 2. The lowest BCUT2D eigenvalue weighted by Gasteiger charge is -2.24. The first-order valence-corrected chi connectivity index (χ1v) is 37.5. The second-order valence-electron chi connectivity index (χ2n) is 25.6. The van der Waals surface area contributed by atoms with Crippen molar-refractivity contribution in [1.29, 1.82) is 0 Å². The lowest BCUT2D eigenvalue weighted by molar-refractivity contribution is -0.870. The predicted molar refractivity (Wildman–Crippen MR) is 363 cm³/mol. The Morgan fingerprint density at radius 2 is 0.679 bits per heavy atom. The lowest BCUT2D eigenvalue weighted by Crippen LogP contribution is -2.37. The van der Waals surface area contributed by atoms with Crippen molar-refractivity contribution in [2.75, 3.05) is 47.5 Å².